The van der Waals surface area contributed by atoms with E-state index >= 15 is 0 Å². The van der Waals surface area contributed by atoms with Crippen molar-refractivity contribution < 1.29 is 4.79 Å². The van der Waals surface area contributed by atoms with Gasteiger partial charge in [-0.25, -0.2) is 5.43 Å². The first-order valence-corrected chi connectivity index (χ1v) is 12.2. The number of thioether (sulfide) groups is 1. The van der Waals surface area contributed by atoms with E-state index in [-0.39, 0.29) is 11.7 Å². The normalized spacial score (nSPS) is 11.5. The van der Waals surface area contributed by atoms with Crippen LogP contribution in [0.5, 0.6) is 0 Å². The van der Waals surface area contributed by atoms with Crippen LogP contribution in [0.25, 0.3) is 17.1 Å². The molecule has 172 valence electrons. The number of hydrogen-bond donors (Lipinski definition) is 1. The lowest BCUT2D eigenvalue weighted by atomic mass is 10.1. The number of halogens is 3. The SMILES string of the molecule is CC(=NNC(=O)CSc1nnc(-c2ccc(Cl)cc2)n1-c1ccc(Cl)cc1)c1ccc(Cl)cc1. The molecule has 0 aliphatic rings. The van der Waals surface area contributed by atoms with Gasteiger partial charge in [-0.05, 0) is 73.2 Å². The van der Waals surface area contributed by atoms with Crippen molar-refractivity contribution in [1.82, 2.24) is 20.2 Å². The number of hydrogen-bond acceptors (Lipinski definition) is 5. The Morgan fingerprint density at radius 2 is 1.44 bits per heavy atom. The zero-order valence-corrected chi connectivity index (χ0v) is 21.0. The number of aromatic nitrogens is 3. The molecular formula is C24H18Cl3N5OS. The largest absolute Gasteiger partial charge is 0.272 e. The van der Waals surface area contributed by atoms with Gasteiger partial charge in [0.2, 0.25) is 0 Å². The Morgan fingerprint density at radius 1 is 0.882 bits per heavy atom. The monoisotopic (exact) mass is 529 g/mol. The highest BCUT2D eigenvalue weighted by atomic mass is 35.5. The number of benzene rings is 3. The Hall–Kier alpha value is -2.84. The maximum absolute atomic E-state index is 12.5. The topological polar surface area (TPSA) is 72.2 Å². The van der Waals surface area contributed by atoms with Crippen LogP contribution in [0.2, 0.25) is 15.1 Å². The van der Waals surface area contributed by atoms with Crippen molar-refractivity contribution in [1.29, 1.82) is 0 Å². The third kappa shape index (κ3) is 5.98. The van der Waals surface area contributed by atoms with Gasteiger partial charge in [0.05, 0.1) is 11.5 Å². The number of rotatable bonds is 7. The zero-order chi connectivity index (χ0) is 24.1. The number of carbonyl (C=O) groups excluding carboxylic acids is 1. The summed E-state index contributed by atoms with van der Waals surface area (Å²) in [5, 5.41) is 15.3. The lowest BCUT2D eigenvalue weighted by Gasteiger charge is -2.10. The van der Waals surface area contributed by atoms with Gasteiger partial charge in [0.25, 0.3) is 5.91 Å². The highest BCUT2D eigenvalue weighted by molar-refractivity contribution is 7.99. The smallest absolute Gasteiger partial charge is 0.250 e. The lowest BCUT2D eigenvalue weighted by Crippen LogP contribution is -2.21. The molecule has 0 spiro atoms. The molecule has 0 bridgehead atoms. The molecule has 1 aromatic heterocycles. The van der Waals surface area contributed by atoms with Gasteiger partial charge in [0, 0.05) is 26.3 Å². The van der Waals surface area contributed by atoms with Gasteiger partial charge in [0.15, 0.2) is 11.0 Å². The Kier molecular flexibility index (Phi) is 7.90. The molecule has 0 aliphatic heterocycles. The van der Waals surface area contributed by atoms with Crippen molar-refractivity contribution in [3.8, 4) is 17.1 Å². The number of nitrogens with zero attached hydrogens (tertiary/aromatic N) is 4. The molecule has 1 amide bonds. The summed E-state index contributed by atoms with van der Waals surface area (Å²) >= 11 is 19.3. The Morgan fingerprint density at radius 3 is 2.06 bits per heavy atom. The van der Waals surface area contributed by atoms with E-state index in [1.54, 1.807) is 36.4 Å². The van der Waals surface area contributed by atoms with Crippen molar-refractivity contribution >= 4 is 58.2 Å². The summed E-state index contributed by atoms with van der Waals surface area (Å²) in [6.45, 7) is 1.81. The highest BCUT2D eigenvalue weighted by Crippen LogP contribution is 2.29. The zero-order valence-electron chi connectivity index (χ0n) is 17.9. The van der Waals surface area contributed by atoms with E-state index in [0.29, 0.717) is 31.8 Å². The minimum absolute atomic E-state index is 0.101. The first kappa shape index (κ1) is 24.3. The second kappa shape index (κ2) is 11.1. The van der Waals surface area contributed by atoms with Crippen LogP contribution < -0.4 is 5.43 Å². The summed E-state index contributed by atoms with van der Waals surface area (Å²) in [5.41, 5.74) is 5.78. The lowest BCUT2D eigenvalue weighted by molar-refractivity contribution is -0.118. The minimum Gasteiger partial charge on any atom is -0.272 e. The fourth-order valence-corrected chi connectivity index (χ4v) is 4.16. The molecule has 4 rings (SSSR count). The molecule has 3 aromatic carbocycles. The summed E-state index contributed by atoms with van der Waals surface area (Å²) in [6, 6.07) is 21.9. The van der Waals surface area contributed by atoms with Crippen LogP contribution in [0.1, 0.15) is 12.5 Å². The molecule has 4 aromatic rings. The molecule has 0 fully saturated rings. The van der Waals surface area contributed by atoms with Gasteiger partial charge in [-0.15, -0.1) is 10.2 Å². The van der Waals surface area contributed by atoms with Crippen molar-refractivity contribution in [2.45, 2.75) is 12.1 Å². The van der Waals surface area contributed by atoms with Crippen molar-refractivity contribution in [2.75, 3.05) is 5.75 Å². The number of nitrogens with one attached hydrogen (secondary N) is 1. The fourth-order valence-electron chi connectivity index (χ4n) is 3.04. The van der Waals surface area contributed by atoms with Crippen LogP contribution in [0.4, 0.5) is 0 Å². The number of carbonyl (C=O) groups is 1. The van der Waals surface area contributed by atoms with Crippen molar-refractivity contribution in [3.05, 3.63) is 93.4 Å². The predicted octanol–water partition coefficient (Wildman–Crippen LogP) is 6.53. The second-order valence-electron chi connectivity index (χ2n) is 7.15. The van der Waals surface area contributed by atoms with Crippen molar-refractivity contribution in [2.24, 2.45) is 5.10 Å². The van der Waals surface area contributed by atoms with Crippen LogP contribution in [0.15, 0.2) is 83.1 Å². The molecule has 6 nitrogen and oxygen atoms in total. The molecule has 0 aliphatic carbocycles. The predicted molar refractivity (Wildman–Crippen MR) is 139 cm³/mol. The molecule has 10 heteroatoms. The third-order valence-corrected chi connectivity index (χ3v) is 6.45. The first-order valence-electron chi connectivity index (χ1n) is 10.1. The molecular weight excluding hydrogens is 513 g/mol. The highest BCUT2D eigenvalue weighted by Gasteiger charge is 2.17. The maximum atomic E-state index is 12.5. The van der Waals surface area contributed by atoms with E-state index in [9.17, 15) is 4.79 Å². The standard InChI is InChI=1S/C24H18Cl3N5OS/c1-15(16-2-6-18(25)7-3-16)28-29-22(33)14-34-24-31-30-23(17-4-8-19(26)9-5-17)32(24)21-12-10-20(27)11-13-21/h2-13H,14H2,1H3,(H,29,33). The van der Waals surface area contributed by atoms with E-state index in [2.05, 4.69) is 20.7 Å². The van der Waals surface area contributed by atoms with E-state index in [1.807, 2.05) is 47.9 Å². The van der Waals surface area contributed by atoms with Crippen LogP contribution in [0, 0.1) is 0 Å². The van der Waals surface area contributed by atoms with Gasteiger partial charge in [-0.2, -0.15) is 5.10 Å². The summed E-state index contributed by atoms with van der Waals surface area (Å²) in [7, 11) is 0. The maximum Gasteiger partial charge on any atom is 0.250 e. The van der Waals surface area contributed by atoms with Gasteiger partial charge >= 0.3 is 0 Å². The van der Waals surface area contributed by atoms with Crippen LogP contribution in [0.3, 0.4) is 0 Å². The quantitative estimate of drug-likeness (QED) is 0.168. The van der Waals surface area contributed by atoms with Crippen molar-refractivity contribution in [3.63, 3.8) is 0 Å². The Balaban J connectivity index is 1.52. The second-order valence-corrected chi connectivity index (χ2v) is 9.40. The molecule has 0 saturated carbocycles. The molecule has 1 N–H and O–H groups in total. The molecule has 0 saturated heterocycles. The van der Waals surface area contributed by atoms with E-state index in [4.69, 9.17) is 34.8 Å². The molecule has 0 unspecified atom stereocenters. The minimum atomic E-state index is -0.267. The van der Waals surface area contributed by atoms with Crippen LogP contribution >= 0.6 is 46.6 Å². The van der Waals surface area contributed by atoms with Gasteiger partial charge < -0.3 is 0 Å². The third-order valence-electron chi connectivity index (χ3n) is 4.76. The summed E-state index contributed by atoms with van der Waals surface area (Å²) in [5.74, 6) is 0.458. The summed E-state index contributed by atoms with van der Waals surface area (Å²) < 4.78 is 1.87. The van der Waals surface area contributed by atoms with E-state index < -0.39 is 0 Å². The fraction of sp³-hybridized carbons (Fsp3) is 0.0833. The van der Waals surface area contributed by atoms with Gasteiger partial charge in [-0.1, -0.05) is 58.7 Å². The average molecular weight is 531 g/mol. The first-order chi connectivity index (χ1) is 16.4. The molecule has 0 atom stereocenters. The van der Waals surface area contributed by atoms with Crippen LogP contribution in [-0.2, 0) is 4.79 Å². The molecule has 1 heterocycles. The number of amides is 1. The number of hydrazone groups is 1. The summed E-state index contributed by atoms with van der Waals surface area (Å²) in [6.07, 6.45) is 0. The average Bonchev–Trinajstić information content (AvgIpc) is 3.26. The van der Waals surface area contributed by atoms with Gasteiger partial charge in [-0.3, -0.25) is 9.36 Å². The van der Waals surface area contributed by atoms with E-state index in [0.717, 1.165) is 16.8 Å². The Labute approximate surface area is 215 Å². The molecule has 0 radical (unpaired) electrons. The van der Waals surface area contributed by atoms with E-state index in [1.165, 1.54) is 11.8 Å². The van der Waals surface area contributed by atoms with Crippen LogP contribution in [-0.4, -0.2) is 32.1 Å². The van der Waals surface area contributed by atoms with Gasteiger partial charge in [0.1, 0.15) is 0 Å². The molecule has 34 heavy (non-hydrogen) atoms. The Bertz CT molecular complexity index is 1320. The summed E-state index contributed by atoms with van der Waals surface area (Å²) in [4.78, 5) is 12.5.